The maximum absolute atomic E-state index is 4.72. The molecule has 0 amide bonds. The van der Waals surface area contributed by atoms with Crippen molar-refractivity contribution in [1.29, 1.82) is 0 Å². The van der Waals surface area contributed by atoms with E-state index in [2.05, 4.69) is 216 Å². The average molecular weight is 900 g/mol. The highest BCUT2D eigenvalue weighted by molar-refractivity contribution is 5.91. The van der Waals surface area contributed by atoms with Crippen LogP contribution in [0.15, 0.2) is 155 Å². The molecule has 1 aromatic heterocycles. The normalized spacial score (nSPS) is 11.8. The van der Waals surface area contributed by atoms with E-state index in [1.807, 2.05) is 44.6 Å². The summed E-state index contributed by atoms with van der Waals surface area (Å²) in [5.74, 6) is 27.7. The average Bonchev–Trinajstić information content (AvgIpc) is 3.38. The van der Waals surface area contributed by atoms with Crippen molar-refractivity contribution in [2.45, 2.75) is 78.7 Å². The lowest BCUT2D eigenvalue weighted by Gasteiger charge is -2.04. The molecule has 1 heterocycles. The number of unbranched alkanes of at least 4 members (excludes halogenated alkanes) is 4. The molecule has 0 spiro atoms. The second-order valence-corrected chi connectivity index (χ2v) is 16.3. The number of fused-ring (bicyclic) bond motifs is 1. The third-order valence-corrected chi connectivity index (χ3v) is 11.1. The molecule has 342 valence electrons. The number of hydrogen-bond acceptors (Lipinski definition) is 3. The lowest BCUT2D eigenvalue weighted by Crippen LogP contribution is -2.32. The van der Waals surface area contributed by atoms with Gasteiger partial charge >= 0.3 is 0 Å². The number of aromatic nitrogens is 1. The molecular formula is C65H63N4+. The van der Waals surface area contributed by atoms with E-state index < -0.39 is 0 Å². The second kappa shape index (κ2) is 29.6. The Bertz CT molecular complexity index is 3190. The van der Waals surface area contributed by atoms with Crippen molar-refractivity contribution < 1.29 is 4.57 Å². The van der Waals surface area contributed by atoms with Crippen LogP contribution in [0.3, 0.4) is 0 Å². The summed E-state index contributed by atoms with van der Waals surface area (Å²) >= 11 is 0. The first kappa shape index (κ1) is 50.4. The smallest absolute Gasteiger partial charge is 0.176 e. The van der Waals surface area contributed by atoms with Crippen LogP contribution in [-0.2, 0) is 6.54 Å². The Balaban J connectivity index is 1.20. The molecule has 0 unspecified atom stereocenters. The Kier molecular flexibility index (Phi) is 21.6. The van der Waals surface area contributed by atoms with Gasteiger partial charge < -0.3 is 0 Å². The minimum atomic E-state index is 0.701. The summed E-state index contributed by atoms with van der Waals surface area (Å²) in [4.78, 5) is 14.1. The number of nitrogens with zero attached hydrogens (tertiary/aromatic N) is 4. The standard InChI is InChI=1S/C65H63N4/c1-4-27-55-30-17-20-38-63(55)51-67-44-24-8-12-35-60-50-62(37-14-10-26-47-69-48-42-58-33-19-22-40-65(58)53-69)61(36-13-9-25-45-68-52-64-39-21-18-31-56(64)28-5-2)49-59(60)34-11-7-23-43-66-46-41-57-32-16-15-29-54(57)6-3/h4-6,15-22,27-33,38-42,46,48-53H,7-10,23-26,43-45,47H2,1-3H3/q+1/b27-4-,28-5-,54-6-,57-41-,66-46+,67-51+,68-52+. The van der Waals surface area contributed by atoms with Crippen LogP contribution in [0.2, 0.25) is 0 Å². The molecular weight excluding hydrogens is 837 g/mol. The predicted octanol–water partition coefficient (Wildman–Crippen LogP) is 12.0. The molecule has 4 nitrogen and oxygen atoms in total. The lowest BCUT2D eigenvalue weighted by atomic mass is 9.98. The minimum absolute atomic E-state index is 0.701. The van der Waals surface area contributed by atoms with Crippen LogP contribution in [0.5, 0.6) is 0 Å². The van der Waals surface area contributed by atoms with Crippen molar-refractivity contribution in [3.63, 3.8) is 0 Å². The SMILES string of the molecule is C/C=C\c1ccccc1/C=N/CCCC#Cc1cc(C#CCCC[n+]2ccc3ccccc3c2)c(C#CCCC/N=C/c2ccccc2/C=C\C)cc1C#CCCC/N=C/C=c1/cccc/c1=C/C. The van der Waals surface area contributed by atoms with Gasteiger partial charge in [-0.1, -0.05) is 169 Å². The highest BCUT2D eigenvalue weighted by Crippen LogP contribution is 2.17. The summed E-state index contributed by atoms with van der Waals surface area (Å²) in [5.41, 5.74) is 8.07. The molecule has 0 aliphatic heterocycles. The van der Waals surface area contributed by atoms with Gasteiger partial charge in [0.05, 0.1) is 0 Å². The maximum Gasteiger partial charge on any atom is 0.176 e. The molecule has 6 aromatic rings. The zero-order valence-corrected chi connectivity index (χ0v) is 40.6. The molecule has 0 N–H and O–H groups in total. The fourth-order valence-electron chi connectivity index (χ4n) is 7.47. The number of hydrogen-bond donors (Lipinski definition) is 0. The Morgan fingerprint density at radius 3 is 1.43 bits per heavy atom. The molecule has 5 aromatic carbocycles. The monoisotopic (exact) mass is 900 g/mol. The first-order valence-electron chi connectivity index (χ1n) is 24.3. The van der Waals surface area contributed by atoms with Crippen LogP contribution in [-0.4, -0.2) is 38.3 Å². The first-order chi connectivity index (χ1) is 34.1. The summed E-state index contributed by atoms with van der Waals surface area (Å²) < 4.78 is 2.25. The van der Waals surface area contributed by atoms with Gasteiger partial charge in [-0.2, -0.15) is 0 Å². The molecule has 0 saturated carbocycles. The topological polar surface area (TPSA) is 41.0 Å². The minimum Gasteiger partial charge on any atom is -0.293 e. The quantitative estimate of drug-likeness (QED) is 0.0379. The highest BCUT2D eigenvalue weighted by atomic mass is 14.9. The van der Waals surface area contributed by atoms with Crippen molar-refractivity contribution in [1.82, 2.24) is 0 Å². The largest absolute Gasteiger partial charge is 0.293 e. The zero-order chi connectivity index (χ0) is 48.0. The summed E-state index contributed by atoms with van der Waals surface area (Å²) in [7, 11) is 0. The van der Waals surface area contributed by atoms with E-state index in [1.54, 1.807) is 0 Å². The second-order valence-electron chi connectivity index (χ2n) is 16.3. The Morgan fingerprint density at radius 1 is 0.464 bits per heavy atom. The van der Waals surface area contributed by atoms with Gasteiger partial charge in [0.2, 0.25) is 0 Å². The van der Waals surface area contributed by atoms with Crippen molar-refractivity contribution >= 4 is 53.7 Å². The molecule has 0 fully saturated rings. The van der Waals surface area contributed by atoms with Crippen LogP contribution in [0, 0.1) is 47.4 Å². The van der Waals surface area contributed by atoms with E-state index in [0.29, 0.717) is 19.6 Å². The molecule has 4 heteroatoms. The van der Waals surface area contributed by atoms with Gasteiger partial charge in [-0.15, -0.1) is 0 Å². The highest BCUT2D eigenvalue weighted by Gasteiger charge is 2.07. The van der Waals surface area contributed by atoms with Crippen molar-refractivity contribution in [2.24, 2.45) is 15.0 Å². The van der Waals surface area contributed by atoms with Gasteiger partial charge in [-0.05, 0) is 102 Å². The van der Waals surface area contributed by atoms with Gasteiger partial charge in [-0.25, -0.2) is 4.57 Å². The number of benzene rings is 5. The molecule has 69 heavy (non-hydrogen) atoms. The van der Waals surface area contributed by atoms with E-state index in [0.717, 1.165) is 96.5 Å². The Hall–Kier alpha value is -8.02. The van der Waals surface area contributed by atoms with Gasteiger partial charge in [0.25, 0.3) is 0 Å². The number of aliphatic imine (C=N–C) groups is 3. The van der Waals surface area contributed by atoms with Gasteiger partial charge in [0.15, 0.2) is 12.4 Å². The van der Waals surface area contributed by atoms with Crippen molar-refractivity contribution in [3.8, 4) is 47.4 Å². The van der Waals surface area contributed by atoms with Gasteiger partial charge in [0, 0.05) is 104 Å². The fraction of sp³-hybridized carbons (Fsp3) is 0.231. The van der Waals surface area contributed by atoms with Crippen LogP contribution < -0.4 is 15.0 Å². The molecule has 0 atom stereocenters. The summed E-state index contributed by atoms with van der Waals surface area (Å²) in [6, 6.07) is 39.8. The molecule has 0 aliphatic carbocycles. The van der Waals surface area contributed by atoms with Crippen molar-refractivity contribution in [2.75, 3.05) is 19.6 Å². The number of allylic oxidation sites excluding steroid dienone is 2. The number of aryl methyl sites for hydroxylation is 1. The van der Waals surface area contributed by atoms with Crippen LogP contribution in [0.25, 0.3) is 35.1 Å². The van der Waals surface area contributed by atoms with Crippen LogP contribution in [0.4, 0.5) is 0 Å². The third-order valence-electron chi connectivity index (χ3n) is 11.1. The maximum atomic E-state index is 4.72. The number of pyridine rings is 1. The summed E-state index contributed by atoms with van der Waals surface area (Å²) in [5, 5.41) is 4.85. The van der Waals surface area contributed by atoms with Crippen LogP contribution in [0.1, 0.15) is 117 Å². The van der Waals surface area contributed by atoms with E-state index in [9.17, 15) is 0 Å². The van der Waals surface area contributed by atoms with Crippen molar-refractivity contribution in [3.05, 3.63) is 195 Å². The Morgan fingerprint density at radius 2 is 0.913 bits per heavy atom. The molecule has 0 radical (unpaired) electrons. The fourth-order valence-corrected chi connectivity index (χ4v) is 7.47. The molecule has 6 rings (SSSR count). The van der Waals surface area contributed by atoms with Crippen LogP contribution >= 0.6 is 0 Å². The van der Waals surface area contributed by atoms with E-state index in [-0.39, 0.29) is 0 Å². The van der Waals surface area contributed by atoms with Gasteiger partial charge in [0.1, 0.15) is 6.54 Å². The summed E-state index contributed by atoms with van der Waals surface area (Å²) in [6.45, 7) is 9.12. The predicted molar refractivity (Wildman–Crippen MR) is 296 cm³/mol. The third kappa shape index (κ3) is 17.3. The van der Waals surface area contributed by atoms with E-state index in [4.69, 9.17) is 9.98 Å². The number of rotatable bonds is 17. The Labute approximate surface area is 411 Å². The molecule has 0 saturated heterocycles. The van der Waals surface area contributed by atoms with Gasteiger partial charge in [-0.3, -0.25) is 15.0 Å². The first-order valence-corrected chi connectivity index (χ1v) is 24.3. The zero-order valence-electron chi connectivity index (χ0n) is 40.6. The lowest BCUT2D eigenvalue weighted by molar-refractivity contribution is -0.695. The molecule has 0 aliphatic rings. The summed E-state index contributed by atoms with van der Waals surface area (Å²) in [6.07, 6.45) is 29.1. The van der Waals surface area contributed by atoms with E-state index >= 15 is 0 Å². The van der Waals surface area contributed by atoms with E-state index in [1.165, 1.54) is 27.1 Å². The molecule has 0 bridgehead atoms.